The summed E-state index contributed by atoms with van der Waals surface area (Å²) >= 11 is 7.48. The molecule has 1 atom stereocenters. The van der Waals surface area contributed by atoms with Crippen LogP contribution in [-0.2, 0) is 11.2 Å². The van der Waals surface area contributed by atoms with Crippen molar-refractivity contribution in [2.24, 2.45) is 0 Å². The van der Waals surface area contributed by atoms with Crippen LogP contribution in [0.25, 0.3) is 0 Å². The normalized spacial score (nSPS) is 11.6. The quantitative estimate of drug-likeness (QED) is 0.275. The lowest BCUT2D eigenvalue weighted by Gasteiger charge is -2.18. The molecule has 0 saturated carbocycles. The van der Waals surface area contributed by atoms with E-state index in [1.165, 1.54) is 11.8 Å². The highest BCUT2D eigenvalue weighted by atomic mass is 35.5. The van der Waals surface area contributed by atoms with Crippen molar-refractivity contribution in [1.29, 1.82) is 0 Å². The van der Waals surface area contributed by atoms with E-state index in [0.29, 0.717) is 35.3 Å². The SMILES string of the molecule is CCc1cc(OCCC(C)Oc2ccc(Cl)cc2Oc2ccccc2)ccc1SCC(=O)O. The molecule has 0 saturated heterocycles. The Bertz CT molecular complexity index is 1060. The maximum absolute atomic E-state index is 10.8. The predicted molar refractivity (Wildman–Crippen MR) is 132 cm³/mol. The Morgan fingerprint density at radius 2 is 1.82 bits per heavy atom. The van der Waals surface area contributed by atoms with Crippen LogP contribution in [0.5, 0.6) is 23.0 Å². The molecule has 3 rings (SSSR count). The molecule has 0 aliphatic rings. The average Bonchev–Trinajstić information content (AvgIpc) is 2.80. The van der Waals surface area contributed by atoms with Gasteiger partial charge in [0.1, 0.15) is 11.5 Å². The molecule has 1 unspecified atom stereocenters. The lowest BCUT2D eigenvalue weighted by atomic mass is 10.1. The smallest absolute Gasteiger partial charge is 0.313 e. The van der Waals surface area contributed by atoms with Crippen LogP contribution in [0.15, 0.2) is 71.6 Å². The molecule has 7 heteroatoms. The van der Waals surface area contributed by atoms with Crippen molar-refractivity contribution in [3.8, 4) is 23.0 Å². The highest BCUT2D eigenvalue weighted by molar-refractivity contribution is 8.00. The van der Waals surface area contributed by atoms with Gasteiger partial charge in [-0.2, -0.15) is 0 Å². The van der Waals surface area contributed by atoms with Crippen LogP contribution in [0.4, 0.5) is 0 Å². The van der Waals surface area contributed by atoms with Crippen LogP contribution in [0, 0.1) is 0 Å². The molecule has 0 radical (unpaired) electrons. The van der Waals surface area contributed by atoms with E-state index in [0.717, 1.165) is 22.6 Å². The number of hydrogen-bond donors (Lipinski definition) is 1. The van der Waals surface area contributed by atoms with Crippen LogP contribution < -0.4 is 14.2 Å². The first kappa shape index (κ1) is 24.8. The third-order valence-corrected chi connectivity index (χ3v) is 6.10. The monoisotopic (exact) mass is 486 g/mol. The third-order valence-electron chi connectivity index (χ3n) is 4.76. The summed E-state index contributed by atoms with van der Waals surface area (Å²) in [5, 5.41) is 9.47. The standard InChI is InChI=1S/C26H27ClO5S/c1-3-19-15-22(10-12-25(19)33-17-26(28)29)30-14-13-18(2)31-23-11-9-20(27)16-24(23)32-21-7-5-4-6-8-21/h4-12,15-16,18H,3,13-14,17H2,1-2H3,(H,28,29). The molecule has 0 aliphatic heterocycles. The van der Waals surface area contributed by atoms with Crippen molar-refractivity contribution >= 4 is 29.3 Å². The first-order valence-electron chi connectivity index (χ1n) is 10.7. The van der Waals surface area contributed by atoms with Crippen molar-refractivity contribution in [1.82, 2.24) is 0 Å². The molecule has 3 aromatic rings. The molecular weight excluding hydrogens is 460 g/mol. The summed E-state index contributed by atoms with van der Waals surface area (Å²) in [5.41, 5.74) is 1.08. The molecule has 0 heterocycles. The fourth-order valence-electron chi connectivity index (χ4n) is 3.10. The Morgan fingerprint density at radius 3 is 2.55 bits per heavy atom. The van der Waals surface area contributed by atoms with Gasteiger partial charge in [0.15, 0.2) is 11.5 Å². The van der Waals surface area contributed by atoms with E-state index in [-0.39, 0.29) is 11.9 Å². The molecule has 33 heavy (non-hydrogen) atoms. The number of ether oxygens (including phenoxy) is 3. The van der Waals surface area contributed by atoms with Crippen molar-refractivity contribution in [3.63, 3.8) is 0 Å². The second-order valence-electron chi connectivity index (χ2n) is 7.38. The number of carbonyl (C=O) groups is 1. The minimum atomic E-state index is -0.825. The summed E-state index contributed by atoms with van der Waals surface area (Å²) in [6.45, 7) is 4.50. The zero-order valence-electron chi connectivity index (χ0n) is 18.6. The summed E-state index contributed by atoms with van der Waals surface area (Å²) in [4.78, 5) is 11.8. The number of para-hydroxylation sites is 1. The molecule has 5 nitrogen and oxygen atoms in total. The molecule has 0 spiro atoms. The van der Waals surface area contributed by atoms with Crippen LogP contribution in [0.3, 0.4) is 0 Å². The first-order chi connectivity index (χ1) is 15.9. The summed E-state index contributed by atoms with van der Waals surface area (Å²) in [6.07, 6.45) is 1.37. The van der Waals surface area contributed by atoms with Crippen molar-refractivity contribution < 1.29 is 24.1 Å². The van der Waals surface area contributed by atoms with Crippen molar-refractivity contribution in [2.45, 2.75) is 37.7 Å². The number of carboxylic acids is 1. The van der Waals surface area contributed by atoms with Gasteiger partial charge in [-0.1, -0.05) is 36.7 Å². The Kier molecular flexibility index (Phi) is 9.34. The van der Waals surface area contributed by atoms with Gasteiger partial charge in [0.2, 0.25) is 0 Å². The average molecular weight is 487 g/mol. The zero-order chi connectivity index (χ0) is 23.6. The maximum atomic E-state index is 10.8. The van der Waals surface area contributed by atoms with Crippen LogP contribution in [0.2, 0.25) is 5.02 Å². The van der Waals surface area contributed by atoms with E-state index in [1.807, 2.05) is 62.4 Å². The molecule has 0 aromatic heterocycles. The van der Waals surface area contributed by atoms with Crippen molar-refractivity contribution in [3.05, 3.63) is 77.3 Å². The fourth-order valence-corrected chi connectivity index (χ4v) is 4.09. The molecule has 0 amide bonds. The van der Waals surface area contributed by atoms with Gasteiger partial charge in [0.05, 0.1) is 18.5 Å². The predicted octanol–water partition coefficient (Wildman–Crippen LogP) is 7.11. The highest BCUT2D eigenvalue weighted by Crippen LogP contribution is 2.35. The van der Waals surface area contributed by atoms with Crippen LogP contribution in [0.1, 0.15) is 25.8 Å². The van der Waals surface area contributed by atoms with E-state index in [1.54, 1.807) is 18.2 Å². The van der Waals surface area contributed by atoms with Gasteiger partial charge >= 0.3 is 5.97 Å². The third kappa shape index (κ3) is 7.91. The number of carboxylic acid groups (broad SMARTS) is 1. The molecule has 174 valence electrons. The van der Waals surface area contributed by atoms with Gasteiger partial charge < -0.3 is 19.3 Å². The number of halogens is 1. The number of benzene rings is 3. The molecule has 1 N–H and O–H groups in total. The Labute approximate surface area is 203 Å². The summed E-state index contributed by atoms with van der Waals surface area (Å²) in [5.74, 6) is 1.86. The molecule has 0 bridgehead atoms. The summed E-state index contributed by atoms with van der Waals surface area (Å²) in [6, 6.07) is 20.6. The molecule has 3 aromatic carbocycles. The van der Waals surface area contributed by atoms with Gasteiger partial charge in [-0.25, -0.2) is 0 Å². The van der Waals surface area contributed by atoms with Gasteiger partial charge in [-0.3, -0.25) is 4.79 Å². The second kappa shape index (κ2) is 12.4. The van der Waals surface area contributed by atoms with Crippen LogP contribution in [-0.4, -0.2) is 29.5 Å². The molecule has 0 aliphatic carbocycles. The molecular formula is C26H27ClO5S. The van der Waals surface area contributed by atoms with E-state index >= 15 is 0 Å². The fraction of sp³-hybridized carbons (Fsp3) is 0.269. The van der Waals surface area contributed by atoms with Gasteiger partial charge in [-0.05, 0) is 61.4 Å². The molecule has 0 fully saturated rings. The largest absolute Gasteiger partial charge is 0.493 e. The second-order valence-corrected chi connectivity index (χ2v) is 8.83. The summed E-state index contributed by atoms with van der Waals surface area (Å²) < 4.78 is 18.0. The van der Waals surface area contributed by atoms with Crippen LogP contribution >= 0.6 is 23.4 Å². The number of rotatable bonds is 12. The van der Waals surface area contributed by atoms with Gasteiger partial charge in [-0.15, -0.1) is 11.8 Å². The lowest BCUT2D eigenvalue weighted by Crippen LogP contribution is -2.16. The van der Waals surface area contributed by atoms with E-state index in [2.05, 4.69) is 0 Å². The first-order valence-corrected chi connectivity index (χ1v) is 12.1. The Morgan fingerprint density at radius 1 is 1.03 bits per heavy atom. The van der Waals surface area contributed by atoms with Crippen molar-refractivity contribution in [2.75, 3.05) is 12.4 Å². The van der Waals surface area contributed by atoms with Gasteiger partial charge in [0.25, 0.3) is 0 Å². The topological polar surface area (TPSA) is 65.0 Å². The van der Waals surface area contributed by atoms with E-state index in [9.17, 15) is 4.79 Å². The maximum Gasteiger partial charge on any atom is 0.313 e. The van der Waals surface area contributed by atoms with Gasteiger partial charge in [0, 0.05) is 22.4 Å². The van der Waals surface area contributed by atoms with E-state index < -0.39 is 5.97 Å². The number of hydrogen-bond acceptors (Lipinski definition) is 5. The van der Waals surface area contributed by atoms with E-state index in [4.69, 9.17) is 30.9 Å². The highest BCUT2D eigenvalue weighted by Gasteiger charge is 2.12. The number of aryl methyl sites for hydroxylation is 1. The lowest BCUT2D eigenvalue weighted by molar-refractivity contribution is -0.133. The Hall–Kier alpha value is -2.83. The summed E-state index contributed by atoms with van der Waals surface area (Å²) in [7, 11) is 0. The number of thioether (sulfide) groups is 1. The zero-order valence-corrected chi connectivity index (χ0v) is 20.2. The Balaban J connectivity index is 1.55. The number of aliphatic carboxylic acids is 1. The minimum Gasteiger partial charge on any atom is -0.493 e. The minimum absolute atomic E-state index is 0.0444.